The summed E-state index contributed by atoms with van der Waals surface area (Å²) in [7, 11) is 3.20. The predicted molar refractivity (Wildman–Crippen MR) is 114 cm³/mol. The molecule has 0 aliphatic rings. The number of thiazole rings is 1. The average Bonchev–Trinajstić information content (AvgIpc) is 3.16. The van der Waals surface area contributed by atoms with E-state index >= 15 is 0 Å². The van der Waals surface area contributed by atoms with Crippen LogP contribution in [0.3, 0.4) is 0 Å². The molecule has 0 unspecified atom stereocenters. The van der Waals surface area contributed by atoms with Crippen LogP contribution in [0, 0.1) is 0 Å². The normalized spacial score (nSPS) is 10.7. The Morgan fingerprint density at radius 1 is 1.24 bits per heavy atom. The average molecular weight is 417 g/mol. The van der Waals surface area contributed by atoms with E-state index in [1.54, 1.807) is 26.5 Å². The molecule has 1 aromatic carbocycles. The number of benzene rings is 1. The van der Waals surface area contributed by atoms with Crippen LogP contribution in [-0.2, 0) is 13.0 Å². The Hall–Kier alpha value is -3.27. The summed E-state index contributed by atoms with van der Waals surface area (Å²) in [6.45, 7) is 2.78. The maximum absolute atomic E-state index is 12.2. The lowest BCUT2D eigenvalue weighted by Crippen LogP contribution is -2.32. The monoisotopic (exact) mass is 417 g/mol. The summed E-state index contributed by atoms with van der Waals surface area (Å²) in [6, 6.07) is 5.78. The summed E-state index contributed by atoms with van der Waals surface area (Å²) in [5.74, 6) is 1.48. The third kappa shape index (κ3) is 4.27. The van der Waals surface area contributed by atoms with Gasteiger partial charge in [0.15, 0.2) is 16.6 Å². The van der Waals surface area contributed by atoms with Crippen LogP contribution in [-0.4, -0.2) is 35.3 Å². The maximum atomic E-state index is 12.2. The van der Waals surface area contributed by atoms with E-state index in [4.69, 9.17) is 15.2 Å². The number of aromatic amines is 1. The summed E-state index contributed by atoms with van der Waals surface area (Å²) >= 11 is 1.37. The van der Waals surface area contributed by atoms with E-state index in [0.29, 0.717) is 35.4 Å². The molecule has 0 spiro atoms. The summed E-state index contributed by atoms with van der Waals surface area (Å²) in [5, 5.41) is 5.64. The number of nitrogens with one attached hydrogen (secondary N) is 2. The van der Waals surface area contributed by atoms with E-state index in [1.807, 2.05) is 18.2 Å². The smallest absolute Gasteiger partial charge is 0.329 e. The quantitative estimate of drug-likeness (QED) is 0.511. The molecule has 4 N–H and O–H groups in total. The molecule has 0 atom stereocenters. The molecule has 0 aliphatic heterocycles. The lowest BCUT2D eigenvalue weighted by Gasteiger charge is -2.10. The van der Waals surface area contributed by atoms with Crippen molar-refractivity contribution >= 4 is 22.3 Å². The second-order valence-electron chi connectivity index (χ2n) is 6.17. The Morgan fingerprint density at radius 2 is 2.00 bits per heavy atom. The predicted octanol–water partition coefficient (Wildman–Crippen LogP) is 1.93. The topological polar surface area (TPSA) is 124 Å². The van der Waals surface area contributed by atoms with Gasteiger partial charge in [0.1, 0.15) is 11.4 Å². The van der Waals surface area contributed by atoms with Crippen LogP contribution in [0.1, 0.15) is 12.5 Å². The van der Waals surface area contributed by atoms with Gasteiger partial charge < -0.3 is 20.5 Å². The molecule has 2 aromatic heterocycles. The fraction of sp³-hybridized carbons (Fsp3) is 0.316. The number of nitrogens with zero attached hydrogens (tertiary/aromatic N) is 2. The molecule has 2 heterocycles. The highest BCUT2D eigenvalue weighted by molar-refractivity contribution is 7.14. The Labute approximate surface area is 171 Å². The minimum Gasteiger partial charge on any atom is -0.493 e. The highest BCUT2D eigenvalue weighted by Crippen LogP contribution is 2.28. The van der Waals surface area contributed by atoms with E-state index in [1.165, 1.54) is 15.9 Å². The number of methoxy groups -OCH3 is 2. The van der Waals surface area contributed by atoms with Crippen molar-refractivity contribution in [3.05, 3.63) is 50.0 Å². The molecule has 0 saturated heterocycles. The van der Waals surface area contributed by atoms with Gasteiger partial charge in [0, 0.05) is 18.5 Å². The van der Waals surface area contributed by atoms with Gasteiger partial charge in [-0.15, -0.1) is 11.3 Å². The third-order valence-corrected chi connectivity index (χ3v) is 5.25. The van der Waals surface area contributed by atoms with Gasteiger partial charge in [-0.1, -0.05) is 6.07 Å². The van der Waals surface area contributed by atoms with E-state index in [9.17, 15) is 9.59 Å². The number of hydrogen-bond acceptors (Lipinski definition) is 8. The standard InChI is InChI=1S/C19H23N5O4S/c1-4-24-16(20)15(17(25)23-19(24)26)12-10-29-18(22-12)21-8-7-11-5-6-13(27-2)14(9-11)28-3/h5-6,9-10H,4,7-8,20H2,1-3H3,(H,21,22)(H,23,25,26). The van der Waals surface area contributed by atoms with Crippen molar-refractivity contribution < 1.29 is 9.47 Å². The summed E-state index contributed by atoms with van der Waals surface area (Å²) in [6.07, 6.45) is 0.749. The SMILES string of the molecule is CCn1c(N)c(-c2csc(NCCc3ccc(OC)c(OC)c3)n2)c(=O)[nH]c1=O. The van der Waals surface area contributed by atoms with Crippen molar-refractivity contribution in [3.63, 3.8) is 0 Å². The summed E-state index contributed by atoms with van der Waals surface area (Å²) < 4.78 is 11.9. The molecule has 0 fully saturated rings. The molecule has 9 nitrogen and oxygen atoms in total. The fourth-order valence-corrected chi connectivity index (χ4v) is 3.70. The van der Waals surface area contributed by atoms with E-state index in [2.05, 4.69) is 15.3 Å². The van der Waals surface area contributed by atoms with E-state index in [0.717, 1.165) is 12.0 Å². The molecule has 0 amide bonds. The molecule has 0 aliphatic carbocycles. The van der Waals surface area contributed by atoms with Gasteiger partial charge in [0.2, 0.25) is 0 Å². The molecule has 0 radical (unpaired) electrons. The molecule has 29 heavy (non-hydrogen) atoms. The zero-order valence-corrected chi connectivity index (χ0v) is 17.3. The van der Waals surface area contributed by atoms with E-state index < -0.39 is 11.2 Å². The molecule has 154 valence electrons. The number of H-pyrrole nitrogens is 1. The third-order valence-electron chi connectivity index (χ3n) is 4.45. The fourth-order valence-electron chi connectivity index (χ4n) is 2.97. The number of nitrogens with two attached hydrogens (primary N) is 1. The van der Waals surface area contributed by atoms with Crippen LogP contribution in [0.2, 0.25) is 0 Å². The van der Waals surface area contributed by atoms with E-state index in [-0.39, 0.29) is 11.4 Å². The van der Waals surface area contributed by atoms with Gasteiger partial charge in [-0.2, -0.15) is 0 Å². The molecule has 0 bridgehead atoms. The van der Waals surface area contributed by atoms with Gasteiger partial charge in [0.05, 0.1) is 19.9 Å². The number of rotatable bonds is 8. The lowest BCUT2D eigenvalue weighted by molar-refractivity contribution is 0.354. The Balaban J connectivity index is 1.72. The second-order valence-corrected chi connectivity index (χ2v) is 7.03. The first kappa shape index (κ1) is 20.5. The van der Waals surface area contributed by atoms with Gasteiger partial charge in [-0.05, 0) is 31.0 Å². The number of anilines is 2. The molecular formula is C19H23N5O4S. The number of aromatic nitrogens is 3. The highest BCUT2D eigenvalue weighted by atomic mass is 32.1. The Morgan fingerprint density at radius 3 is 2.69 bits per heavy atom. The van der Waals surface area contributed by atoms with Gasteiger partial charge in [-0.3, -0.25) is 14.3 Å². The highest BCUT2D eigenvalue weighted by Gasteiger charge is 2.16. The van der Waals surface area contributed by atoms with Crippen LogP contribution < -0.4 is 31.8 Å². The molecule has 3 aromatic rings. The zero-order valence-electron chi connectivity index (χ0n) is 16.4. The van der Waals surface area contributed by atoms with Gasteiger partial charge in [0.25, 0.3) is 5.56 Å². The first-order valence-electron chi connectivity index (χ1n) is 9.01. The van der Waals surface area contributed by atoms with Crippen molar-refractivity contribution in [2.45, 2.75) is 19.9 Å². The van der Waals surface area contributed by atoms with Crippen molar-refractivity contribution in [2.75, 3.05) is 31.8 Å². The Kier molecular flexibility index (Phi) is 6.23. The van der Waals surface area contributed by atoms with Crippen molar-refractivity contribution in [2.24, 2.45) is 0 Å². The minimum absolute atomic E-state index is 0.114. The van der Waals surface area contributed by atoms with Crippen molar-refractivity contribution in [1.82, 2.24) is 14.5 Å². The second kappa shape index (κ2) is 8.82. The van der Waals surface area contributed by atoms with Gasteiger partial charge >= 0.3 is 5.69 Å². The van der Waals surface area contributed by atoms with Crippen LogP contribution in [0.25, 0.3) is 11.3 Å². The molecule has 0 saturated carbocycles. The van der Waals surface area contributed by atoms with Crippen LogP contribution in [0.5, 0.6) is 11.5 Å². The first-order chi connectivity index (χ1) is 14.0. The molecule has 3 rings (SSSR count). The van der Waals surface area contributed by atoms with Crippen molar-refractivity contribution in [1.29, 1.82) is 0 Å². The minimum atomic E-state index is -0.542. The first-order valence-corrected chi connectivity index (χ1v) is 9.89. The number of hydrogen-bond donors (Lipinski definition) is 3. The number of ether oxygens (including phenoxy) is 2. The summed E-state index contributed by atoms with van der Waals surface area (Å²) in [5.41, 5.74) is 6.69. The zero-order chi connectivity index (χ0) is 21.0. The van der Waals surface area contributed by atoms with Crippen molar-refractivity contribution in [3.8, 4) is 22.8 Å². The van der Waals surface area contributed by atoms with Gasteiger partial charge in [-0.25, -0.2) is 9.78 Å². The number of nitrogen functional groups attached to an aromatic ring is 1. The summed E-state index contributed by atoms with van der Waals surface area (Å²) in [4.78, 5) is 30.8. The Bertz CT molecular complexity index is 1120. The molecular weight excluding hydrogens is 394 g/mol. The largest absolute Gasteiger partial charge is 0.493 e. The van der Waals surface area contributed by atoms with Crippen LogP contribution >= 0.6 is 11.3 Å². The van der Waals surface area contributed by atoms with Crippen LogP contribution in [0.15, 0.2) is 33.2 Å². The lowest BCUT2D eigenvalue weighted by atomic mass is 10.1. The maximum Gasteiger partial charge on any atom is 0.329 e. The van der Waals surface area contributed by atoms with Crippen LogP contribution in [0.4, 0.5) is 10.9 Å². The molecule has 10 heteroatoms.